The van der Waals surface area contributed by atoms with Crippen LogP contribution in [0.15, 0.2) is 41.2 Å². The number of aryl methyl sites for hydroxylation is 1. The van der Waals surface area contributed by atoms with Crippen LogP contribution in [-0.2, 0) is 0 Å². The van der Waals surface area contributed by atoms with Gasteiger partial charge in [0.15, 0.2) is 5.43 Å². The molecular formula is C14H12N2O. The minimum Gasteiger partial charge on any atom is -0.399 e. The third kappa shape index (κ3) is 1.47. The predicted molar refractivity (Wildman–Crippen MR) is 71.2 cm³/mol. The molecule has 0 fully saturated rings. The van der Waals surface area contributed by atoms with Gasteiger partial charge in [-0.3, -0.25) is 4.79 Å². The Morgan fingerprint density at radius 2 is 1.65 bits per heavy atom. The van der Waals surface area contributed by atoms with E-state index in [0.717, 1.165) is 16.6 Å². The Balaban J connectivity index is 2.57. The summed E-state index contributed by atoms with van der Waals surface area (Å²) in [5.41, 5.74) is 9.19. The lowest BCUT2D eigenvalue weighted by molar-refractivity contribution is 1.43. The first kappa shape index (κ1) is 9.90. The van der Waals surface area contributed by atoms with Crippen LogP contribution in [0.1, 0.15) is 5.56 Å². The molecule has 1 aromatic heterocycles. The Morgan fingerprint density at radius 1 is 1.00 bits per heavy atom. The predicted octanol–water partition coefficient (Wildman–Crippen LogP) is 2.57. The van der Waals surface area contributed by atoms with Gasteiger partial charge in [0.2, 0.25) is 0 Å². The molecule has 0 radical (unpaired) electrons. The lowest BCUT2D eigenvalue weighted by atomic mass is 10.1. The highest BCUT2D eigenvalue weighted by atomic mass is 16.1. The Morgan fingerprint density at radius 3 is 2.41 bits per heavy atom. The van der Waals surface area contributed by atoms with Gasteiger partial charge in [-0.15, -0.1) is 0 Å². The number of H-pyrrole nitrogens is 1. The van der Waals surface area contributed by atoms with E-state index < -0.39 is 0 Å². The van der Waals surface area contributed by atoms with E-state index in [0.29, 0.717) is 16.5 Å². The van der Waals surface area contributed by atoms with Gasteiger partial charge in [0.1, 0.15) is 0 Å². The van der Waals surface area contributed by atoms with Gasteiger partial charge in [0.05, 0.1) is 5.52 Å². The highest BCUT2D eigenvalue weighted by molar-refractivity contribution is 5.93. The number of nitrogens with two attached hydrogens (primary N) is 1. The number of hydrogen-bond donors (Lipinski definition) is 2. The number of benzene rings is 2. The maximum Gasteiger partial charge on any atom is 0.197 e. The lowest BCUT2D eigenvalue weighted by Crippen LogP contribution is -2.04. The zero-order chi connectivity index (χ0) is 12.0. The second kappa shape index (κ2) is 3.35. The molecule has 3 heteroatoms. The molecule has 0 aliphatic carbocycles. The first-order chi connectivity index (χ1) is 8.15. The van der Waals surface area contributed by atoms with Gasteiger partial charge in [-0.2, -0.15) is 0 Å². The largest absolute Gasteiger partial charge is 0.399 e. The van der Waals surface area contributed by atoms with Crippen molar-refractivity contribution < 1.29 is 0 Å². The molecule has 0 saturated carbocycles. The molecule has 0 amide bonds. The van der Waals surface area contributed by atoms with E-state index in [1.807, 2.05) is 25.1 Å². The van der Waals surface area contributed by atoms with E-state index in [1.165, 1.54) is 0 Å². The molecule has 0 saturated heterocycles. The second-order valence-corrected chi connectivity index (χ2v) is 4.31. The average Bonchev–Trinajstić information content (AvgIpc) is 2.28. The molecule has 17 heavy (non-hydrogen) atoms. The fourth-order valence-electron chi connectivity index (χ4n) is 2.11. The monoisotopic (exact) mass is 224 g/mol. The number of aromatic amines is 1. The van der Waals surface area contributed by atoms with E-state index in [1.54, 1.807) is 18.2 Å². The molecule has 1 heterocycles. The van der Waals surface area contributed by atoms with Gasteiger partial charge < -0.3 is 10.7 Å². The average molecular weight is 224 g/mol. The molecule has 3 N–H and O–H groups in total. The van der Waals surface area contributed by atoms with Crippen molar-refractivity contribution in [2.24, 2.45) is 0 Å². The first-order valence-electron chi connectivity index (χ1n) is 5.47. The summed E-state index contributed by atoms with van der Waals surface area (Å²) in [6.07, 6.45) is 0. The highest BCUT2D eigenvalue weighted by Crippen LogP contribution is 2.17. The van der Waals surface area contributed by atoms with Crippen LogP contribution in [0.3, 0.4) is 0 Å². The number of hydrogen-bond acceptors (Lipinski definition) is 2. The zero-order valence-corrected chi connectivity index (χ0v) is 9.45. The van der Waals surface area contributed by atoms with Crippen LogP contribution in [-0.4, -0.2) is 4.98 Å². The summed E-state index contributed by atoms with van der Waals surface area (Å²) in [5, 5.41) is 1.39. The number of rotatable bonds is 0. The summed E-state index contributed by atoms with van der Waals surface area (Å²) in [5.74, 6) is 0. The van der Waals surface area contributed by atoms with Crippen molar-refractivity contribution in [3.8, 4) is 0 Å². The smallest absolute Gasteiger partial charge is 0.197 e. The van der Waals surface area contributed by atoms with Gasteiger partial charge in [-0.1, -0.05) is 6.07 Å². The molecule has 3 aromatic rings. The van der Waals surface area contributed by atoms with Gasteiger partial charge in [0.25, 0.3) is 0 Å². The minimum atomic E-state index is 0.0498. The van der Waals surface area contributed by atoms with Crippen LogP contribution in [0.25, 0.3) is 21.8 Å². The molecular weight excluding hydrogens is 212 g/mol. The summed E-state index contributed by atoms with van der Waals surface area (Å²) >= 11 is 0. The third-order valence-corrected chi connectivity index (χ3v) is 2.98. The van der Waals surface area contributed by atoms with Crippen LogP contribution < -0.4 is 11.2 Å². The summed E-state index contributed by atoms with van der Waals surface area (Å²) < 4.78 is 0. The molecule has 3 nitrogen and oxygen atoms in total. The Bertz CT molecular complexity index is 724. The number of nitrogens with one attached hydrogen (secondary N) is 1. The van der Waals surface area contributed by atoms with Crippen molar-refractivity contribution in [2.75, 3.05) is 5.73 Å². The standard InChI is InChI=1S/C14H12N2O/c1-8-2-4-10-12(6-8)16-13-7-9(15)3-5-11(13)14(10)17/h2-7H,15H2,1H3,(H,16,17). The van der Waals surface area contributed by atoms with Gasteiger partial charge >= 0.3 is 0 Å². The van der Waals surface area contributed by atoms with Gasteiger partial charge in [-0.05, 0) is 42.8 Å². The van der Waals surface area contributed by atoms with Crippen molar-refractivity contribution in [1.82, 2.24) is 4.98 Å². The van der Waals surface area contributed by atoms with Crippen molar-refractivity contribution >= 4 is 27.5 Å². The van der Waals surface area contributed by atoms with E-state index in [-0.39, 0.29) is 5.43 Å². The Hall–Kier alpha value is -2.29. The third-order valence-electron chi connectivity index (χ3n) is 2.98. The first-order valence-corrected chi connectivity index (χ1v) is 5.47. The van der Waals surface area contributed by atoms with E-state index in [9.17, 15) is 4.79 Å². The van der Waals surface area contributed by atoms with Crippen LogP contribution >= 0.6 is 0 Å². The molecule has 0 atom stereocenters. The van der Waals surface area contributed by atoms with Crippen LogP contribution in [0.2, 0.25) is 0 Å². The Kier molecular flexibility index (Phi) is 1.95. The van der Waals surface area contributed by atoms with Crippen LogP contribution in [0.4, 0.5) is 5.69 Å². The van der Waals surface area contributed by atoms with Crippen molar-refractivity contribution in [3.63, 3.8) is 0 Å². The fraction of sp³-hybridized carbons (Fsp3) is 0.0714. The van der Waals surface area contributed by atoms with Gasteiger partial charge in [0, 0.05) is 22.0 Å². The van der Waals surface area contributed by atoms with E-state index >= 15 is 0 Å². The molecule has 0 unspecified atom stereocenters. The molecule has 0 spiro atoms. The van der Waals surface area contributed by atoms with Crippen LogP contribution in [0, 0.1) is 6.92 Å². The highest BCUT2D eigenvalue weighted by Gasteiger charge is 2.05. The second-order valence-electron chi connectivity index (χ2n) is 4.31. The fourth-order valence-corrected chi connectivity index (χ4v) is 2.11. The quantitative estimate of drug-likeness (QED) is 0.455. The number of fused-ring (bicyclic) bond motifs is 2. The number of nitrogen functional groups attached to an aromatic ring is 1. The number of aromatic nitrogens is 1. The summed E-state index contributed by atoms with van der Waals surface area (Å²) in [7, 11) is 0. The molecule has 0 bridgehead atoms. The molecule has 0 aliphatic rings. The Labute approximate surface area is 97.9 Å². The maximum atomic E-state index is 12.2. The van der Waals surface area contributed by atoms with Crippen LogP contribution in [0.5, 0.6) is 0 Å². The minimum absolute atomic E-state index is 0.0498. The maximum absolute atomic E-state index is 12.2. The van der Waals surface area contributed by atoms with Gasteiger partial charge in [-0.25, -0.2) is 0 Å². The van der Waals surface area contributed by atoms with Crippen molar-refractivity contribution in [3.05, 3.63) is 52.2 Å². The molecule has 2 aromatic carbocycles. The molecule has 84 valence electrons. The summed E-state index contributed by atoms with van der Waals surface area (Å²) in [4.78, 5) is 15.5. The molecule has 0 aliphatic heterocycles. The lowest BCUT2D eigenvalue weighted by Gasteiger charge is -2.04. The zero-order valence-electron chi connectivity index (χ0n) is 9.45. The van der Waals surface area contributed by atoms with Crippen molar-refractivity contribution in [2.45, 2.75) is 6.92 Å². The van der Waals surface area contributed by atoms with E-state index in [4.69, 9.17) is 5.73 Å². The summed E-state index contributed by atoms with van der Waals surface area (Å²) in [6.45, 7) is 2.00. The SMILES string of the molecule is Cc1ccc2c(=O)c3ccc(N)cc3[nH]c2c1. The van der Waals surface area contributed by atoms with E-state index in [2.05, 4.69) is 4.98 Å². The van der Waals surface area contributed by atoms with Crippen molar-refractivity contribution in [1.29, 1.82) is 0 Å². The number of pyridine rings is 1. The number of anilines is 1. The summed E-state index contributed by atoms with van der Waals surface area (Å²) in [6, 6.07) is 11.1. The topological polar surface area (TPSA) is 58.9 Å². The molecule has 3 rings (SSSR count). The normalized spacial score (nSPS) is 11.1.